The molecule has 3 heterocycles. The lowest BCUT2D eigenvalue weighted by Crippen LogP contribution is -2.55. The Labute approximate surface area is 136 Å². The summed E-state index contributed by atoms with van der Waals surface area (Å²) < 4.78 is 37.0. The van der Waals surface area contributed by atoms with Gasteiger partial charge in [0.2, 0.25) is 15.9 Å². The van der Waals surface area contributed by atoms with E-state index in [1.165, 1.54) is 4.31 Å². The zero-order chi connectivity index (χ0) is 16.4. The number of carbonyl (C=O) groups excluding carboxylic acids is 1. The highest BCUT2D eigenvalue weighted by molar-refractivity contribution is 7.89. The van der Waals surface area contributed by atoms with Gasteiger partial charge in [-0.25, -0.2) is 8.42 Å². The molecule has 0 spiro atoms. The molecule has 0 aromatic carbocycles. The topological polar surface area (TPSA) is 88.9 Å². The van der Waals surface area contributed by atoms with E-state index in [4.69, 9.17) is 9.15 Å². The van der Waals surface area contributed by atoms with Gasteiger partial charge in [-0.3, -0.25) is 4.79 Å². The van der Waals surface area contributed by atoms with Crippen LogP contribution in [0.25, 0.3) is 0 Å². The first-order valence-corrected chi connectivity index (χ1v) is 9.53. The highest BCUT2D eigenvalue weighted by Crippen LogP contribution is 2.33. The van der Waals surface area contributed by atoms with Gasteiger partial charge < -0.3 is 14.5 Å². The number of rotatable bonds is 5. The summed E-state index contributed by atoms with van der Waals surface area (Å²) in [5.41, 5.74) is 0. The number of piperidine rings is 1. The van der Waals surface area contributed by atoms with Gasteiger partial charge in [0.25, 0.3) is 0 Å². The van der Waals surface area contributed by atoms with Crippen molar-refractivity contribution in [1.82, 2.24) is 9.62 Å². The Morgan fingerprint density at radius 2 is 2.30 bits per heavy atom. The molecule has 8 heteroatoms. The predicted molar refractivity (Wildman–Crippen MR) is 83.0 cm³/mol. The molecule has 1 amide bonds. The van der Waals surface area contributed by atoms with E-state index < -0.39 is 15.9 Å². The molecule has 7 nitrogen and oxygen atoms in total. The molecule has 0 bridgehead atoms. The summed E-state index contributed by atoms with van der Waals surface area (Å²) in [6.07, 6.45) is 2.62. The SMILES string of the molecule is CCS(=O)(=O)N1C[C@@H](C(=O)NCc2ccco2)C[C@H]2OCC[C@H]21. The van der Waals surface area contributed by atoms with Crippen molar-refractivity contribution in [3.63, 3.8) is 0 Å². The Balaban J connectivity index is 1.69. The number of sulfonamides is 1. The molecule has 3 atom stereocenters. The molecule has 1 aromatic rings. The summed E-state index contributed by atoms with van der Waals surface area (Å²) in [5.74, 6) is 0.149. The zero-order valence-corrected chi connectivity index (χ0v) is 13.9. The van der Waals surface area contributed by atoms with Crippen molar-refractivity contribution < 1.29 is 22.4 Å². The van der Waals surface area contributed by atoms with Crippen molar-refractivity contribution in [3.8, 4) is 0 Å². The average molecular weight is 342 g/mol. The minimum absolute atomic E-state index is 0.0386. The van der Waals surface area contributed by atoms with Gasteiger partial charge in [-0.1, -0.05) is 0 Å². The largest absolute Gasteiger partial charge is 0.467 e. The molecule has 0 aliphatic carbocycles. The Kier molecular flexibility index (Phi) is 4.74. The third-order valence-electron chi connectivity index (χ3n) is 4.57. The van der Waals surface area contributed by atoms with Gasteiger partial charge in [0, 0.05) is 13.2 Å². The normalized spacial score (nSPS) is 28.5. The number of nitrogens with one attached hydrogen (secondary N) is 1. The first-order valence-electron chi connectivity index (χ1n) is 7.92. The van der Waals surface area contributed by atoms with E-state index in [1.807, 2.05) is 0 Å². The maximum Gasteiger partial charge on any atom is 0.224 e. The summed E-state index contributed by atoms with van der Waals surface area (Å²) >= 11 is 0. The molecule has 0 saturated carbocycles. The molecule has 2 fully saturated rings. The van der Waals surface area contributed by atoms with Crippen LogP contribution in [0.1, 0.15) is 25.5 Å². The van der Waals surface area contributed by atoms with Crippen LogP contribution < -0.4 is 5.32 Å². The number of amides is 1. The minimum Gasteiger partial charge on any atom is -0.467 e. The summed E-state index contributed by atoms with van der Waals surface area (Å²) in [5, 5.41) is 2.81. The van der Waals surface area contributed by atoms with Gasteiger partial charge in [-0.05, 0) is 31.9 Å². The number of nitrogens with zero attached hydrogens (tertiary/aromatic N) is 1. The molecule has 1 N–H and O–H groups in total. The van der Waals surface area contributed by atoms with Crippen molar-refractivity contribution >= 4 is 15.9 Å². The summed E-state index contributed by atoms with van der Waals surface area (Å²) in [7, 11) is -3.35. The second kappa shape index (κ2) is 6.62. The fourth-order valence-electron chi connectivity index (χ4n) is 3.31. The van der Waals surface area contributed by atoms with Crippen LogP contribution in [0.5, 0.6) is 0 Å². The van der Waals surface area contributed by atoms with E-state index in [0.717, 1.165) is 0 Å². The number of fused-ring (bicyclic) bond motifs is 1. The van der Waals surface area contributed by atoms with E-state index >= 15 is 0 Å². The van der Waals surface area contributed by atoms with Crippen LogP contribution in [0.2, 0.25) is 0 Å². The molecule has 2 aliphatic heterocycles. The van der Waals surface area contributed by atoms with E-state index in [1.54, 1.807) is 25.3 Å². The summed E-state index contributed by atoms with van der Waals surface area (Å²) in [4.78, 5) is 12.4. The lowest BCUT2D eigenvalue weighted by atomic mass is 9.91. The van der Waals surface area contributed by atoms with Crippen molar-refractivity contribution in [2.45, 2.75) is 38.5 Å². The Morgan fingerprint density at radius 3 is 3.00 bits per heavy atom. The molecule has 23 heavy (non-hydrogen) atoms. The Morgan fingerprint density at radius 1 is 1.48 bits per heavy atom. The number of ether oxygens (including phenoxy) is 1. The fraction of sp³-hybridized carbons (Fsp3) is 0.667. The van der Waals surface area contributed by atoms with E-state index in [2.05, 4.69) is 5.32 Å². The molecule has 0 unspecified atom stereocenters. The van der Waals surface area contributed by atoms with Crippen LogP contribution in [-0.4, -0.2) is 49.7 Å². The zero-order valence-electron chi connectivity index (χ0n) is 13.1. The third kappa shape index (κ3) is 3.44. The lowest BCUT2D eigenvalue weighted by Gasteiger charge is -2.39. The van der Waals surface area contributed by atoms with Gasteiger partial charge >= 0.3 is 0 Å². The van der Waals surface area contributed by atoms with Crippen molar-refractivity contribution in [2.75, 3.05) is 18.9 Å². The number of carbonyl (C=O) groups is 1. The van der Waals surface area contributed by atoms with Crippen molar-refractivity contribution in [3.05, 3.63) is 24.2 Å². The molecular weight excluding hydrogens is 320 g/mol. The highest BCUT2D eigenvalue weighted by Gasteiger charge is 2.46. The van der Waals surface area contributed by atoms with Gasteiger partial charge in [0.1, 0.15) is 5.76 Å². The first kappa shape index (κ1) is 16.5. The van der Waals surface area contributed by atoms with Crippen LogP contribution in [-0.2, 0) is 26.1 Å². The summed E-state index contributed by atoms with van der Waals surface area (Å²) in [6.45, 7) is 2.70. The van der Waals surface area contributed by atoms with Gasteiger partial charge in [-0.15, -0.1) is 0 Å². The summed E-state index contributed by atoms with van der Waals surface area (Å²) in [6, 6.07) is 3.41. The highest BCUT2D eigenvalue weighted by atomic mass is 32.2. The second-order valence-corrected chi connectivity index (χ2v) is 8.18. The third-order valence-corrected chi connectivity index (χ3v) is 6.44. The maximum atomic E-state index is 12.4. The Bertz CT molecular complexity index is 643. The van der Waals surface area contributed by atoms with Gasteiger partial charge in [-0.2, -0.15) is 4.31 Å². The van der Waals surface area contributed by atoms with Crippen LogP contribution in [0.4, 0.5) is 0 Å². The van der Waals surface area contributed by atoms with E-state index in [-0.39, 0.29) is 30.4 Å². The predicted octanol–water partition coefficient (Wildman–Crippen LogP) is 0.725. The molecule has 2 aliphatic rings. The van der Waals surface area contributed by atoms with Crippen molar-refractivity contribution in [1.29, 1.82) is 0 Å². The van der Waals surface area contributed by atoms with Crippen molar-refractivity contribution in [2.24, 2.45) is 5.92 Å². The fourth-order valence-corrected chi connectivity index (χ4v) is 4.70. The van der Waals surface area contributed by atoms with Crippen LogP contribution >= 0.6 is 0 Å². The van der Waals surface area contributed by atoms with E-state index in [9.17, 15) is 13.2 Å². The van der Waals surface area contributed by atoms with E-state index in [0.29, 0.717) is 31.8 Å². The molecule has 0 radical (unpaired) electrons. The molecule has 3 rings (SSSR count). The van der Waals surface area contributed by atoms with Crippen LogP contribution in [0.15, 0.2) is 22.8 Å². The van der Waals surface area contributed by atoms with Crippen LogP contribution in [0, 0.1) is 5.92 Å². The second-order valence-electron chi connectivity index (χ2n) is 5.97. The lowest BCUT2D eigenvalue weighted by molar-refractivity contribution is -0.128. The van der Waals surface area contributed by atoms with Gasteiger partial charge in [0.15, 0.2) is 0 Å². The molecule has 1 aromatic heterocycles. The molecule has 2 saturated heterocycles. The monoisotopic (exact) mass is 342 g/mol. The number of hydrogen-bond donors (Lipinski definition) is 1. The molecular formula is C15H22N2O5S. The van der Waals surface area contributed by atoms with Gasteiger partial charge in [0.05, 0.1) is 36.6 Å². The Hall–Kier alpha value is -1.38. The minimum atomic E-state index is -3.35. The number of furan rings is 1. The quantitative estimate of drug-likeness (QED) is 0.852. The smallest absolute Gasteiger partial charge is 0.224 e. The average Bonchev–Trinajstić information content (AvgIpc) is 3.22. The van der Waals surface area contributed by atoms with Crippen LogP contribution in [0.3, 0.4) is 0 Å². The standard InChI is InChI=1S/C15H22N2O5S/c1-2-23(19,20)17-10-11(8-14-13(17)5-7-22-14)15(18)16-9-12-4-3-6-21-12/h3-4,6,11,13-14H,2,5,7-10H2,1H3,(H,16,18)/t11-,13+,14+/m0/s1. The molecule has 128 valence electrons. The first-order chi connectivity index (χ1) is 11.0. The number of hydrogen-bond acceptors (Lipinski definition) is 5. The maximum absolute atomic E-state index is 12.4.